The fourth-order valence-electron chi connectivity index (χ4n) is 3.56. The van der Waals surface area contributed by atoms with Gasteiger partial charge in [0.05, 0.1) is 10.3 Å². The highest BCUT2D eigenvalue weighted by Gasteiger charge is 2.55. The van der Waals surface area contributed by atoms with Crippen LogP contribution in [0.4, 0.5) is 5.13 Å². The molecule has 36 heavy (non-hydrogen) atoms. The molecule has 0 saturated carbocycles. The Balaban J connectivity index is 1.58. The normalized spacial score (nSPS) is 19.9. The number of aromatic nitrogens is 1. The van der Waals surface area contributed by atoms with Gasteiger partial charge in [-0.25, -0.2) is 9.78 Å². The number of hydrogen-bond donors (Lipinski definition) is 2. The molecule has 2 unspecified atom stereocenters. The number of esters is 1. The van der Waals surface area contributed by atoms with Gasteiger partial charge in [-0.2, -0.15) is 0 Å². The average molecular weight is 548 g/mol. The molecule has 2 aromatic rings. The number of nitrogens with two attached hydrogens (primary N) is 1. The van der Waals surface area contributed by atoms with E-state index in [0.717, 1.165) is 16.2 Å². The molecule has 2 amide bonds. The van der Waals surface area contributed by atoms with Gasteiger partial charge in [0.25, 0.3) is 11.8 Å². The first kappa shape index (κ1) is 26.0. The Bertz CT molecular complexity index is 1240. The van der Waals surface area contributed by atoms with E-state index in [9.17, 15) is 14.4 Å². The quantitative estimate of drug-likeness (QED) is 0.232. The molecular formula is C23H25N5O5S3. The number of fused-ring (bicyclic) bond motifs is 1. The molecule has 0 bridgehead atoms. The number of rotatable bonds is 7. The van der Waals surface area contributed by atoms with Crippen LogP contribution in [0.1, 0.15) is 26.5 Å². The lowest BCUT2D eigenvalue weighted by molar-refractivity contribution is -0.160. The van der Waals surface area contributed by atoms with Crippen molar-refractivity contribution in [3.05, 3.63) is 51.3 Å². The minimum absolute atomic E-state index is 0.0941. The number of hydrogen-bond acceptors (Lipinski definition) is 11. The van der Waals surface area contributed by atoms with E-state index in [1.807, 2.05) is 30.3 Å². The first-order valence-electron chi connectivity index (χ1n) is 10.9. The van der Waals surface area contributed by atoms with Crippen LogP contribution in [0.2, 0.25) is 0 Å². The van der Waals surface area contributed by atoms with Gasteiger partial charge in [0.2, 0.25) is 0 Å². The second-order valence-electron chi connectivity index (χ2n) is 8.78. The van der Waals surface area contributed by atoms with Crippen LogP contribution in [-0.4, -0.2) is 63.9 Å². The zero-order valence-electron chi connectivity index (χ0n) is 20.0. The molecule has 190 valence electrons. The number of benzene rings is 1. The molecule has 3 N–H and O–H groups in total. The summed E-state index contributed by atoms with van der Waals surface area (Å²) in [7, 11) is 1.31. The molecule has 2 atom stereocenters. The van der Waals surface area contributed by atoms with Gasteiger partial charge in [-0.3, -0.25) is 14.5 Å². The molecule has 1 fully saturated rings. The lowest BCUT2D eigenvalue weighted by atomic mass is 9.94. The number of carbonyl (C=O) groups is 3. The van der Waals surface area contributed by atoms with Gasteiger partial charge in [-0.05, 0) is 32.9 Å². The summed E-state index contributed by atoms with van der Waals surface area (Å²) in [5.41, 5.74) is 5.28. The second kappa shape index (κ2) is 10.5. The maximum atomic E-state index is 13.3. The number of nitrogens with zero attached hydrogens (tertiary/aromatic N) is 3. The Morgan fingerprint density at radius 1 is 1.28 bits per heavy atom. The number of β-lactam (4-membered cyclic amide) rings is 1. The lowest BCUT2D eigenvalue weighted by Gasteiger charge is -2.50. The number of anilines is 1. The molecule has 1 aromatic carbocycles. The SMILES string of the molecule is CON=C(C(=O)NC1C(=O)N2C(C(=O)OC(C)(C)C)=C(Sc3ccccc3)SCC12)c1csc(N)n1. The van der Waals surface area contributed by atoms with Crippen LogP contribution in [0.25, 0.3) is 0 Å². The van der Waals surface area contributed by atoms with Crippen LogP contribution < -0.4 is 11.1 Å². The van der Waals surface area contributed by atoms with Crippen molar-refractivity contribution in [2.45, 2.75) is 43.4 Å². The summed E-state index contributed by atoms with van der Waals surface area (Å²) in [6.45, 7) is 5.31. The van der Waals surface area contributed by atoms with E-state index in [0.29, 0.717) is 9.99 Å². The summed E-state index contributed by atoms with van der Waals surface area (Å²) < 4.78 is 6.30. The van der Waals surface area contributed by atoms with Gasteiger partial charge in [0.1, 0.15) is 24.4 Å². The van der Waals surface area contributed by atoms with Crippen molar-refractivity contribution in [1.82, 2.24) is 15.2 Å². The molecule has 0 aliphatic carbocycles. The lowest BCUT2D eigenvalue weighted by Crippen LogP contribution is -2.73. The molecule has 4 rings (SSSR count). The minimum atomic E-state index is -0.844. The highest BCUT2D eigenvalue weighted by Crippen LogP contribution is 2.46. The molecule has 3 heterocycles. The van der Waals surface area contributed by atoms with Crippen LogP contribution in [0.15, 0.2) is 55.7 Å². The van der Waals surface area contributed by atoms with Gasteiger partial charge in [-0.1, -0.05) is 35.1 Å². The molecule has 10 nitrogen and oxygen atoms in total. The summed E-state index contributed by atoms with van der Waals surface area (Å²) in [6, 6.07) is 8.30. The van der Waals surface area contributed by atoms with Crippen molar-refractivity contribution in [1.29, 1.82) is 0 Å². The standard InChI is InChI=1S/C23H25N5O5S3/c1-23(2,3)33-20(31)17-21(36-12-8-6-5-7-9-12)34-11-14-16(19(30)28(14)17)26-18(29)15(27-32-4)13-10-35-22(24)25-13/h5-10,14,16H,11H2,1-4H3,(H2,24,25)(H,26,29). The third-order valence-corrected chi connectivity index (χ3v) is 8.16. The summed E-state index contributed by atoms with van der Waals surface area (Å²) in [6.07, 6.45) is 0. The summed E-state index contributed by atoms with van der Waals surface area (Å²) in [4.78, 5) is 50.7. The first-order chi connectivity index (χ1) is 17.1. The predicted octanol–water partition coefficient (Wildman–Crippen LogP) is 2.82. The largest absolute Gasteiger partial charge is 0.455 e. The third-order valence-electron chi connectivity index (χ3n) is 5.03. The number of nitrogens with one attached hydrogen (secondary N) is 1. The molecule has 2 aliphatic rings. The number of thioether (sulfide) groups is 2. The monoisotopic (exact) mass is 547 g/mol. The van der Waals surface area contributed by atoms with Crippen LogP contribution in [0.5, 0.6) is 0 Å². The fourth-order valence-corrected chi connectivity index (χ4v) is 6.60. The van der Waals surface area contributed by atoms with Gasteiger partial charge in [0, 0.05) is 16.0 Å². The highest BCUT2D eigenvalue weighted by atomic mass is 32.2. The Morgan fingerprint density at radius 3 is 2.61 bits per heavy atom. The third kappa shape index (κ3) is 5.52. The smallest absolute Gasteiger partial charge is 0.357 e. The zero-order chi connectivity index (χ0) is 26.0. The van der Waals surface area contributed by atoms with E-state index < -0.39 is 35.5 Å². The van der Waals surface area contributed by atoms with E-state index in [2.05, 4.69) is 15.5 Å². The van der Waals surface area contributed by atoms with Gasteiger partial charge < -0.3 is 20.6 Å². The van der Waals surface area contributed by atoms with E-state index in [1.54, 1.807) is 26.2 Å². The maximum absolute atomic E-state index is 13.3. The number of amides is 2. The molecule has 0 radical (unpaired) electrons. The topological polar surface area (TPSA) is 136 Å². The molecule has 2 aliphatic heterocycles. The highest BCUT2D eigenvalue weighted by molar-refractivity contribution is 8.22. The van der Waals surface area contributed by atoms with Crippen LogP contribution in [0.3, 0.4) is 0 Å². The van der Waals surface area contributed by atoms with Crippen molar-refractivity contribution < 1.29 is 24.0 Å². The van der Waals surface area contributed by atoms with Crippen molar-refractivity contribution in [2.24, 2.45) is 5.16 Å². The zero-order valence-corrected chi connectivity index (χ0v) is 22.5. The molecule has 13 heteroatoms. The molecule has 1 aromatic heterocycles. The summed E-state index contributed by atoms with van der Waals surface area (Å²) >= 11 is 4.00. The van der Waals surface area contributed by atoms with E-state index >= 15 is 0 Å². The Kier molecular flexibility index (Phi) is 7.62. The second-order valence-corrected chi connectivity index (χ2v) is 12.0. The number of carbonyl (C=O) groups excluding carboxylic acids is 3. The number of oxime groups is 1. The first-order valence-corrected chi connectivity index (χ1v) is 13.6. The van der Waals surface area contributed by atoms with Crippen LogP contribution in [-0.2, 0) is 24.0 Å². The molecule has 0 spiro atoms. The molecule has 1 saturated heterocycles. The van der Waals surface area contributed by atoms with Crippen molar-refractivity contribution in [2.75, 3.05) is 18.6 Å². The van der Waals surface area contributed by atoms with Gasteiger partial charge in [0.15, 0.2) is 16.5 Å². The van der Waals surface area contributed by atoms with Crippen molar-refractivity contribution in [3.8, 4) is 0 Å². The summed E-state index contributed by atoms with van der Waals surface area (Å²) in [5, 5.41) is 8.33. The number of ether oxygens (including phenoxy) is 1. The van der Waals surface area contributed by atoms with Gasteiger partial charge >= 0.3 is 5.97 Å². The van der Waals surface area contributed by atoms with E-state index in [-0.39, 0.29) is 22.2 Å². The predicted molar refractivity (Wildman–Crippen MR) is 140 cm³/mol. The Hall–Kier alpha value is -3.03. The van der Waals surface area contributed by atoms with Crippen molar-refractivity contribution >= 4 is 63.5 Å². The number of nitrogen functional groups attached to an aromatic ring is 1. The van der Waals surface area contributed by atoms with Crippen molar-refractivity contribution in [3.63, 3.8) is 0 Å². The molecular weight excluding hydrogens is 522 g/mol. The average Bonchev–Trinajstić information content (AvgIpc) is 3.25. The van der Waals surface area contributed by atoms with E-state index in [4.69, 9.17) is 15.3 Å². The number of thiazole rings is 1. The fraction of sp³-hybridized carbons (Fsp3) is 0.348. The van der Waals surface area contributed by atoms with Gasteiger partial charge in [-0.15, -0.1) is 23.1 Å². The van der Waals surface area contributed by atoms with E-state index in [1.165, 1.54) is 35.5 Å². The Morgan fingerprint density at radius 2 is 2.00 bits per heavy atom. The van der Waals surface area contributed by atoms with Crippen LogP contribution in [0, 0.1) is 0 Å². The van der Waals surface area contributed by atoms with Crippen LogP contribution >= 0.6 is 34.9 Å². The maximum Gasteiger partial charge on any atom is 0.357 e. The Labute approximate surface area is 220 Å². The minimum Gasteiger partial charge on any atom is -0.455 e. The summed E-state index contributed by atoms with van der Waals surface area (Å²) in [5.74, 6) is -1.14.